The van der Waals surface area contributed by atoms with E-state index in [-0.39, 0.29) is 12.5 Å². The van der Waals surface area contributed by atoms with Crippen LogP contribution in [-0.2, 0) is 4.79 Å². The zero-order valence-corrected chi connectivity index (χ0v) is 11.8. The van der Waals surface area contributed by atoms with Crippen molar-refractivity contribution in [2.45, 2.75) is 65.1 Å². The van der Waals surface area contributed by atoms with E-state index in [9.17, 15) is 23.1 Å². The molecule has 0 rings (SSSR count). The van der Waals surface area contributed by atoms with E-state index in [1.165, 1.54) is 0 Å². The monoisotopic (exact) mass is 283 g/mol. The van der Waals surface area contributed by atoms with Crippen molar-refractivity contribution in [3.05, 3.63) is 0 Å². The molecule has 0 aromatic heterocycles. The van der Waals surface area contributed by atoms with Gasteiger partial charge >= 0.3 is 12.1 Å². The highest BCUT2D eigenvalue weighted by Crippen LogP contribution is 2.26. The van der Waals surface area contributed by atoms with Crippen molar-refractivity contribution in [1.29, 1.82) is 0 Å². The van der Waals surface area contributed by atoms with Crippen LogP contribution in [0.1, 0.15) is 52.9 Å². The zero-order valence-electron chi connectivity index (χ0n) is 11.8. The lowest BCUT2D eigenvalue weighted by Crippen LogP contribution is -2.43. The number of alkyl halides is 3. The van der Waals surface area contributed by atoms with Crippen molar-refractivity contribution in [2.24, 2.45) is 5.41 Å². The van der Waals surface area contributed by atoms with E-state index in [2.05, 4.69) is 5.32 Å². The second-order valence-corrected chi connectivity index (χ2v) is 5.08. The van der Waals surface area contributed by atoms with Crippen LogP contribution in [0.4, 0.5) is 13.2 Å². The van der Waals surface area contributed by atoms with Crippen LogP contribution >= 0.6 is 0 Å². The summed E-state index contributed by atoms with van der Waals surface area (Å²) in [5.74, 6) is -0.854. The third-order valence-corrected chi connectivity index (χ3v) is 3.69. The summed E-state index contributed by atoms with van der Waals surface area (Å²) in [6.07, 6.45) is -3.44. The number of halogens is 3. The molecule has 0 bridgehead atoms. The van der Waals surface area contributed by atoms with Gasteiger partial charge in [-0.3, -0.25) is 4.79 Å². The minimum Gasteiger partial charge on any atom is -0.481 e. The van der Waals surface area contributed by atoms with Crippen LogP contribution in [0.2, 0.25) is 0 Å². The van der Waals surface area contributed by atoms with Crippen LogP contribution in [0.15, 0.2) is 0 Å². The molecule has 0 amide bonds. The van der Waals surface area contributed by atoms with Crippen molar-refractivity contribution >= 4 is 5.97 Å². The Morgan fingerprint density at radius 2 is 1.79 bits per heavy atom. The number of aliphatic carboxylic acids is 1. The highest BCUT2D eigenvalue weighted by molar-refractivity contribution is 5.74. The first-order chi connectivity index (χ1) is 8.67. The molecular formula is C13H24F3NO2. The normalized spacial score (nSPS) is 14.4. The summed E-state index contributed by atoms with van der Waals surface area (Å²) in [5, 5.41) is 12.3. The molecule has 1 atom stereocenters. The Labute approximate surface area is 112 Å². The lowest BCUT2D eigenvalue weighted by atomic mass is 9.82. The van der Waals surface area contributed by atoms with Gasteiger partial charge < -0.3 is 10.4 Å². The first kappa shape index (κ1) is 18.2. The summed E-state index contributed by atoms with van der Waals surface area (Å²) >= 11 is 0. The Hall–Kier alpha value is -0.780. The topological polar surface area (TPSA) is 49.3 Å². The van der Waals surface area contributed by atoms with Crippen LogP contribution < -0.4 is 5.32 Å². The SMILES string of the molecule is CCC(CC)(CNC(C)CCCC(F)(F)F)C(=O)O. The smallest absolute Gasteiger partial charge is 0.389 e. The van der Waals surface area contributed by atoms with Gasteiger partial charge in [-0.2, -0.15) is 13.2 Å². The molecule has 0 saturated carbocycles. The van der Waals surface area contributed by atoms with E-state index in [1.807, 2.05) is 13.8 Å². The third kappa shape index (κ3) is 6.80. The molecular weight excluding hydrogens is 259 g/mol. The first-order valence-corrected chi connectivity index (χ1v) is 6.70. The Morgan fingerprint density at radius 1 is 1.26 bits per heavy atom. The fourth-order valence-corrected chi connectivity index (χ4v) is 1.96. The van der Waals surface area contributed by atoms with Crippen LogP contribution in [0.25, 0.3) is 0 Å². The van der Waals surface area contributed by atoms with Crippen molar-refractivity contribution in [2.75, 3.05) is 6.54 Å². The molecule has 19 heavy (non-hydrogen) atoms. The van der Waals surface area contributed by atoms with Crippen LogP contribution in [0.5, 0.6) is 0 Å². The Balaban J connectivity index is 4.13. The van der Waals surface area contributed by atoms with Gasteiger partial charge in [-0.1, -0.05) is 13.8 Å². The summed E-state index contributed by atoms with van der Waals surface area (Å²) in [5.41, 5.74) is -0.821. The molecule has 2 N–H and O–H groups in total. The van der Waals surface area contributed by atoms with Gasteiger partial charge in [-0.05, 0) is 32.6 Å². The second-order valence-electron chi connectivity index (χ2n) is 5.08. The minimum atomic E-state index is -4.11. The average molecular weight is 283 g/mol. The van der Waals surface area contributed by atoms with Gasteiger partial charge in [0.2, 0.25) is 0 Å². The Bertz CT molecular complexity index is 276. The molecule has 0 aliphatic carbocycles. The first-order valence-electron chi connectivity index (χ1n) is 6.70. The number of hydrogen-bond donors (Lipinski definition) is 2. The fourth-order valence-electron chi connectivity index (χ4n) is 1.96. The molecule has 0 saturated heterocycles. The van der Waals surface area contributed by atoms with Crippen LogP contribution in [0.3, 0.4) is 0 Å². The fraction of sp³-hybridized carbons (Fsp3) is 0.923. The molecule has 0 aliphatic heterocycles. The molecule has 0 aliphatic rings. The molecule has 3 nitrogen and oxygen atoms in total. The Morgan fingerprint density at radius 3 is 2.16 bits per heavy atom. The van der Waals surface area contributed by atoms with Crippen molar-refractivity contribution in [1.82, 2.24) is 5.32 Å². The van der Waals surface area contributed by atoms with E-state index in [1.54, 1.807) is 6.92 Å². The van der Waals surface area contributed by atoms with E-state index >= 15 is 0 Å². The molecule has 0 radical (unpaired) electrons. The highest BCUT2D eigenvalue weighted by atomic mass is 19.4. The lowest BCUT2D eigenvalue weighted by molar-refractivity contribution is -0.149. The van der Waals surface area contributed by atoms with Gasteiger partial charge in [0.05, 0.1) is 5.41 Å². The van der Waals surface area contributed by atoms with Crippen LogP contribution in [0, 0.1) is 5.41 Å². The zero-order chi connectivity index (χ0) is 15.1. The summed E-state index contributed by atoms with van der Waals surface area (Å²) in [7, 11) is 0. The maximum absolute atomic E-state index is 12.0. The van der Waals surface area contributed by atoms with Crippen molar-refractivity contribution in [3.63, 3.8) is 0 Å². The van der Waals surface area contributed by atoms with E-state index < -0.39 is 24.0 Å². The molecule has 0 heterocycles. The summed E-state index contributed by atoms with van der Waals surface area (Å²) in [4.78, 5) is 11.3. The lowest BCUT2D eigenvalue weighted by Gasteiger charge is -2.29. The van der Waals surface area contributed by atoms with Gasteiger partial charge in [0, 0.05) is 19.0 Å². The van der Waals surface area contributed by atoms with Crippen molar-refractivity contribution in [3.8, 4) is 0 Å². The van der Waals surface area contributed by atoms with Gasteiger partial charge in [0.1, 0.15) is 0 Å². The molecule has 0 spiro atoms. The van der Waals surface area contributed by atoms with E-state index in [4.69, 9.17) is 0 Å². The predicted octanol–water partition coefficient (Wildman–Crippen LogP) is 3.59. The maximum Gasteiger partial charge on any atom is 0.389 e. The number of carboxylic acids is 1. The minimum absolute atomic E-state index is 0.0655. The Kier molecular flexibility index (Phi) is 7.41. The van der Waals surface area contributed by atoms with Gasteiger partial charge in [0.25, 0.3) is 0 Å². The standard InChI is InChI=1S/C13H24F3NO2/c1-4-12(5-2,11(18)19)9-17-10(3)7-6-8-13(14,15)16/h10,17H,4-9H2,1-3H3,(H,18,19). The van der Waals surface area contributed by atoms with Gasteiger partial charge in [0.15, 0.2) is 0 Å². The van der Waals surface area contributed by atoms with Crippen molar-refractivity contribution < 1.29 is 23.1 Å². The van der Waals surface area contributed by atoms with Gasteiger partial charge in [-0.25, -0.2) is 0 Å². The number of nitrogens with one attached hydrogen (secondary N) is 1. The molecule has 0 aromatic carbocycles. The number of hydrogen-bond acceptors (Lipinski definition) is 2. The van der Waals surface area contributed by atoms with E-state index in [0.29, 0.717) is 25.8 Å². The van der Waals surface area contributed by atoms with E-state index in [0.717, 1.165) is 0 Å². The number of rotatable bonds is 9. The quantitative estimate of drug-likeness (QED) is 0.680. The average Bonchev–Trinajstić information content (AvgIpc) is 2.29. The molecule has 0 aromatic rings. The molecule has 0 fully saturated rings. The third-order valence-electron chi connectivity index (χ3n) is 3.69. The molecule has 6 heteroatoms. The molecule has 114 valence electrons. The second kappa shape index (κ2) is 7.72. The maximum atomic E-state index is 12.0. The largest absolute Gasteiger partial charge is 0.481 e. The number of carboxylic acid groups (broad SMARTS) is 1. The summed E-state index contributed by atoms with van der Waals surface area (Å²) in [6, 6.07) is -0.112. The summed E-state index contributed by atoms with van der Waals surface area (Å²) in [6.45, 7) is 5.71. The number of carbonyl (C=O) groups is 1. The highest BCUT2D eigenvalue weighted by Gasteiger charge is 2.34. The van der Waals surface area contributed by atoms with Gasteiger partial charge in [-0.15, -0.1) is 0 Å². The predicted molar refractivity (Wildman–Crippen MR) is 68.0 cm³/mol. The molecule has 1 unspecified atom stereocenters. The van der Waals surface area contributed by atoms with Crippen LogP contribution in [-0.4, -0.2) is 29.8 Å². The summed E-state index contributed by atoms with van der Waals surface area (Å²) < 4.78 is 36.0.